The molecule has 0 aliphatic heterocycles. The number of aryl methyl sites for hydroxylation is 2. The van der Waals surface area contributed by atoms with Crippen LogP contribution in [0, 0.1) is 18.3 Å². The minimum atomic E-state index is -0.766. The number of carbonyl (C=O) groups excluding carboxylic acids is 1. The molecule has 10 heteroatoms. The average Bonchev–Trinajstić information content (AvgIpc) is 3.42. The Labute approximate surface area is 212 Å². The average molecular weight is 500 g/mol. The summed E-state index contributed by atoms with van der Waals surface area (Å²) in [5.74, 6) is -0.902. The molecule has 0 aliphatic rings. The molecule has 1 aromatic carbocycles. The first-order valence-electron chi connectivity index (χ1n) is 11.5. The number of hydrogen-bond donors (Lipinski definition) is 2. The fourth-order valence-corrected chi connectivity index (χ4v) is 4.10. The maximum atomic E-state index is 13.6. The zero-order valence-corrected chi connectivity index (χ0v) is 20.3. The van der Waals surface area contributed by atoms with E-state index < -0.39 is 17.4 Å². The minimum Gasteiger partial charge on any atom is -0.507 e. The number of ether oxygens (including phenoxy) is 2. The Balaban J connectivity index is 1.69. The highest BCUT2D eigenvalue weighted by molar-refractivity contribution is 5.71. The van der Waals surface area contributed by atoms with Crippen LogP contribution in [0.15, 0.2) is 66.0 Å². The summed E-state index contributed by atoms with van der Waals surface area (Å²) in [6.45, 7) is 2.11. The maximum absolute atomic E-state index is 13.6. The number of benzene rings is 1. The van der Waals surface area contributed by atoms with E-state index in [-0.39, 0.29) is 29.2 Å². The summed E-state index contributed by atoms with van der Waals surface area (Å²) in [4.78, 5) is 37.0. The van der Waals surface area contributed by atoms with Crippen LogP contribution in [0.1, 0.15) is 40.4 Å². The molecule has 3 aromatic heterocycles. The molecule has 0 spiro atoms. The van der Waals surface area contributed by atoms with Gasteiger partial charge in [-0.05, 0) is 42.8 Å². The van der Waals surface area contributed by atoms with E-state index in [0.717, 1.165) is 5.69 Å². The lowest BCUT2D eigenvalue weighted by Crippen LogP contribution is -2.29. The molecule has 1 atom stereocenters. The van der Waals surface area contributed by atoms with Gasteiger partial charge in [0.2, 0.25) is 5.88 Å². The van der Waals surface area contributed by atoms with Crippen molar-refractivity contribution >= 4 is 5.97 Å². The number of nitrogens with zero attached hydrogens (tertiary/aromatic N) is 4. The molecule has 0 fully saturated rings. The Hall–Kier alpha value is -4.91. The third-order valence-electron chi connectivity index (χ3n) is 6.02. The van der Waals surface area contributed by atoms with E-state index in [0.29, 0.717) is 30.0 Å². The van der Waals surface area contributed by atoms with E-state index in [1.807, 2.05) is 6.07 Å². The summed E-state index contributed by atoms with van der Waals surface area (Å²) in [6.07, 6.45) is 5.17. The lowest BCUT2D eigenvalue weighted by atomic mass is 9.88. The van der Waals surface area contributed by atoms with Gasteiger partial charge in [-0.2, -0.15) is 5.26 Å². The number of nitriles is 1. The second-order valence-electron chi connectivity index (χ2n) is 8.34. The third-order valence-corrected chi connectivity index (χ3v) is 6.02. The van der Waals surface area contributed by atoms with Gasteiger partial charge in [0.25, 0.3) is 5.56 Å². The third kappa shape index (κ3) is 5.67. The second-order valence-corrected chi connectivity index (χ2v) is 8.34. The largest absolute Gasteiger partial charge is 0.507 e. The van der Waals surface area contributed by atoms with E-state index in [9.17, 15) is 20.0 Å². The first-order valence-corrected chi connectivity index (χ1v) is 11.5. The van der Waals surface area contributed by atoms with Crippen LogP contribution < -0.4 is 10.3 Å². The highest BCUT2D eigenvalue weighted by atomic mass is 16.5. The number of pyridine rings is 2. The predicted molar refractivity (Wildman–Crippen MR) is 133 cm³/mol. The van der Waals surface area contributed by atoms with E-state index in [1.165, 1.54) is 19.4 Å². The number of rotatable bonds is 9. The van der Waals surface area contributed by atoms with Gasteiger partial charge in [0, 0.05) is 42.7 Å². The maximum Gasteiger partial charge on any atom is 0.306 e. The van der Waals surface area contributed by atoms with Gasteiger partial charge in [-0.25, -0.2) is 9.97 Å². The minimum absolute atomic E-state index is 0.103. The molecule has 4 aromatic rings. The van der Waals surface area contributed by atoms with Crippen LogP contribution in [0.25, 0.3) is 0 Å². The van der Waals surface area contributed by atoms with Crippen molar-refractivity contribution in [3.05, 3.63) is 99.6 Å². The number of nitrogens with one attached hydrogen (secondary N) is 1. The number of esters is 1. The van der Waals surface area contributed by atoms with Crippen LogP contribution in [0.3, 0.4) is 0 Å². The summed E-state index contributed by atoms with van der Waals surface area (Å²) in [6, 6.07) is 13.5. The summed E-state index contributed by atoms with van der Waals surface area (Å²) in [5.41, 5.74) is 2.07. The Kier molecular flexibility index (Phi) is 7.64. The Morgan fingerprint density at radius 3 is 2.73 bits per heavy atom. The number of carbonyl (C=O) groups is 1. The van der Waals surface area contributed by atoms with Crippen molar-refractivity contribution < 1.29 is 19.4 Å². The van der Waals surface area contributed by atoms with Crippen molar-refractivity contribution in [1.82, 2.24) is 19.5 Å². The lowest BCUT2D eigenvalue weighted by molar-refractivity contribution is -0.140. The van der Waals surface area contributed by atoms with Gasteiger partial charge in [-0.1, -0.05) is 12.1 Å². The smallest absolute Gasteiger partial charge is 0.306 e. The quantitative estimate of drug-likeness (QED) is 0.333. The molecule has 188 valence electrons. The first-order chi connectivity index (χ1) is 17.9. The number of aromatic amines is 1. The van der Waals surface area contributed by atoms with E-state index in [4.69, 9.17) is 9.47 Å². The highest BCUT2D eigenvalue weighted by Gasteiger charge is 2.26. The normalized spacial score (nSPS) is 11.5. The van der Waals surface area contributed by atoms with E-state index >= 15 is 0 Å². The number of hydrogen-bond acceptors (Lipinski definition) is 8. The summed E-state index contributed by atoms with van der Waals surface area (Å²) in [5, 5.41) is 20.1. The van der Waals surface area contributed by atoms with Crippen LogP contribution in [0.5, 0.6) is 17.4 Å². The van der Waals surface area contributed by atoms with Crippen molar-refractivity contribution in [2.24, 2.45) is 0 Å². The Morgan fingerprint density at radius 2 is 2.05 bits per heavy atom. The van der Waals surface area contributed by atoms with Crippen molar-refractivity contribution in [3.63, 3.8) is 0 Å². The standard InChI is InChI=1S/C27H25N5O5/c1-17-12-23(33)25(27(35)32(17)11-9-20-15-29-16-31-20)22(13-24(34)36-2)18-5-7-21(8-6-18)37-26-19(14-28)4-3-10-30-26/h3-8,10,12,15-16,22,33H,9,11,13H2,1-2H3,(H,29,31)/t22-/m0/s1. The number of H-pyrrole nitrogens is 1. The molecule has 10 nitrogen and oxygen atoms in total. The molecule has 0 amide bonds. The van der Waals surface area contributed by atoms with Crippen molar-refractivity contribution in [3.8, 4) is 23.4 Å². The van der Waals surface area contributed by atoms with E-state index in [2.05, 4.69) is 15.0 Å². The van der Waals surface area contributed by atoms with Gasteiger partial charge >= 0.3 is 5.97 Å². The summed E-state index contributed by atoms with van der Waals surface area (Å²) < 4.78 is 12.2. The molecule has 0 radical (unpaired) electrons. The molecule has 0 saturated carbocycles. The van der Waals surface area contributed by atoms with Gasteiger partial charge < -0.3 is 24.1 Å². The fraction of sp³-hybridized carbons (Fsp3) is 0.222. The zero-order valence-electron chi connectivity index (χ0n) is 20.3. The fourth-order valence-electron chi connectivity index (χ4n) is 4.10. The predicted octanol–water partition coefficient (Wildman–Crippen LogP) is 3.58. The van der Waals surface area contributed by atoms with Crippen molar-refractivity contribution in [2.75, 3.05) is 7.11 Å². The number of imidazole rings is 1. The molecule has 3 heterocycles. The molecular formula is C27H25N5O5. The molecule has 2 N–H and O–H groups in total. The monoisotopic (exact) mass is 499 g/mol. The molecule has 4 rings (SSSR count). The second kappa shape index (κ2) is 11.2. The zero-order chi connectivity index (χ0) is 26.4. The summed E-state index contributed by atoms with van der Waals surface area (Å²) >= 11 is 0. The van der Waals surface area contributed by atoms with Crippen LogP contribution in [0.2, 0.25) is 0 Å². The number of aromatic nitrogens is 4. The molecule has 0 aliphatic carbocycles. The van der Waals surface area contributed by atoms with Gasteiger partial charge in [-0.3, -0.25) is 9.59 Å². The Bertz CT molecular complexity index is 1490. The van der Waals surface area contributed by atoms with Gasteiger partial charge in [-0.15, -0.1) is 0 Å². The van der Waals surface area contributed by atoms with Crippen LogP contribution in [-0.2, 0) is 22.5 Å². The van der Waals surface area contributed by atoms with Crippen molar-refractivity contribution in [1.29, 1.82) is 5.26 Å². The van der Waals surface area contributed by atoms with Crippen molar-refractivity contribution in [2.45, 2.75) is 32.2 Å². The SMILES string of the molecule is COC(=O)C[C@@H](c1ccc(Oc2ncccc2C#N)cc1)c1c(O)cc(C)n(CCc2cnc[nH]2)c1=O. The first kappa shape index (κ1) is 25.2. The Morgan fingerprint density at radius 1 is 1.27 bits per heavy atom. The molecule has 37 heavy (non-hydrogen) atoms. The van der Waals surface area contributed by atoms with Gasteiger partial charge in [0.1, 0.15) is 23.1 Å². The molecule has 0 unspecified atom stereocenters. The number of aromatic hydroxyl groups is 1. The van der Waals surface area contributed by atoms with Crippen LogP contribution in [-0.4, -0.2) is 37.7 Å². The van der Waals surface area contributed by atoms with Crippen LogP contribution in [0.4, 0.5) is 0 Å². The van der Waals surface area contributed by atoms with Gasteiger partial charge in [0.15, 0.2) is 0 Å². The topological polar surface area (TPSA) is 143 Å². The lowest BCUT2D eigenvalue weighted by Gasteiger charge is -2.20. The van der Waals surface area contributed by atoms with E-state index in [1.54, 1.807) is 60.4 Å². The molecular weight excluding hydrogens is 474 g/mol. The highest BCUT2D eigenvalue weighted by Crippen LogP contribution is 2.34. The van der Waals surface area contributed by atoms with Gasteiger partial charge in [0.05, 0.1) is 25.4 Å². The van der Waals surface area contributed by atoms with Crippen LogP contribution >= 0.6 is 0 Å². The number of methoxy groups -OCH3 is 1. The molecule has 0 saturated heterocycles. The molecule has 0 bridgehead atoms. The summed E-state index contributed by atoms with van der Waals surface area (Å²) in [7, 11) is 1.27.